The first kappa shape index (κ1) is 19.7. The molecule has 21 heavy (non-hydrogen) atoms. The Morgan fingerprint density at radius 2 is 1.90 bits per heavy atom. The first-order valence-electron chi connectivity index (χ1n) is 6.89. The normalized spacial score (nSPS) is 11.7. The molecule has 1 rings (SSSR count). The van der Waals surface area contributed by atoms with Gasteiger partial charge in [0.1, 0.15) is 5.75 Å². The molecule has 0 fully saturated rings. The summed E-state index contributed by atoms with van der Waals surface area (Å²) >= 11 is 0. The highest BCUT2D eigenvalue weighted by molar-refractivity contribution is 5.85. The molecule has 0 saturated heterocycles. The fourth-order valence-electron chi connectivity index (χ4n) is 1.70. The van der Waals surface area contributed by atoms with Crippen LogP contribution in [0, 0.1) is 0 Å². The van der Waals surface area contributed by atoms with Crippen molar-refractivity contribution < 1.29 is 14.6 Å². The standard InChI is InChI=1S/C15H24N2O3.ClH/c1-11(2)20-13-6-4-12(5-7-13)14(18)10-17-15(19)8-9-16-3;/h4-7,11,14,16,18H,8-10H2,1-3H3,(H,17,19);1H. The van der Waals surface area contributed by atoms with Crippen LogP contribution in [0.1, 0.15) is 31.9 Å². The lowest BCUT2D eigenvalue weighted by atomic mass is 10.1. The van der Waals surface area contributed by atoms with E-state index in [0.717, 1.165) is 11.3 Å². The predicted molar refractivity (Wildman–Crippen MR) is 86.0 cm³/mol. The molecule has 120 valence electrons. The van der Waals surface area contributed by atoms with Gasteiger partial charge >= 0.3 is 0 Å². The van der Waals surface area contributed by atoms with E-state index in [2.05, 4.69) is 10.6 Å². The summed E-state index contributed by atoms with van der Waals surface area (Å²) in [6, 6.07) is 7.26. The van der Waals surface area contributed by atoms with Crippen LogP contribution in [0.5, 0.6) is 5.75 Å². The van der Waals surface area contributed by atoms with Gasteiger partial charge in [-0.2, -0.15) is 0 Å². The molecule has 0 aliphatic heterocycles. The van der Waals surface area contributed by atoms with E-state index in [1.807, 2.05) is 38.1 Å². The Labute approximate surface area is 132 Å². The van der Waals surface area contributed by atoms with Crippen LogP contribution in [0.4, 0.5) is 0 Å². The fourth-order valence-corrected chi connectivity index (χ4v) is 1.70. The van der Waals surface area contributed by atoms with Crippen molar-refractivity contribution in [1.29, 1.82) is 0 Å². The number of benzene rings is 1. The molecule has 0 aliphatic rings. The van der Waals surface area contributed by atoms with Crippen LogP contribution >= 0.6 is 12.4 Å². The Morgan fingerprint density at radius 1 is 1.29 bits per heavy atom. The molecule has 0 aromatic heterocycles. The molecule has 0 radical (unpaired) electrons. The molecule has 1 atom stereocenters. The van der Waals surface area contributed by atoms with Gasteiger partial charge < -0.3 is 20.5 Å². The van der Waals surface area contributed by atoms with E-state index in [-0.39, 0.29) is 31.0 Å². The van der Waals surface area contributed by atoms with Crippen LogP contribution in [0.25, 0.3) is 0 Å². The average molecular weight is 317 g/mol. The van der Waals surface area contributed by atoms with E-state index in [0.29, 0.717) is 13.0 Å². The van der Waals surface area contributed by atoms with Crippen LogP contribution in [0.3, 0.4) is 0 Å². The van der Waals surface area contributed by atoms with Gasteiger partial charge in [-0.3, -0.25) is 4.79 Å². The Bertz CT molecular complexity index is 410. The number of aliphatic hydroxyl groups is 1. The summed E-state index contributed by atoms with van der Waals surface area (Å²) in [4.78, 5) is 11.4. The topological polar surface area (TPSA) is 70.6 Å². The highest BCUT2D eigenvalue weighted by atomic mass is 35.5. The maximum atomic E-state index is 11.4. The van der Waals surface area contributed by atoms with Crippen LogP contribution in [0.2, 0.25) is 0 Å². The lowest BCUT2D eigenvalue weighted by molar-refractivity contribution is -0.121. The van der Waals surface area contributed by atoms with Crippen molar-refractivity contribution in [3.8, 4) is 5.75 Å². The van der Waals surface area contributed by atoms with Gasteiger partial charge in [-0.1, -0.05) is 12.1 Å². The summed E-state index contributed by atoms with van der Waals surface area (Å²) in [5.41, 5.74) is 0.759. The van der Waals surface area contributed by atoms with Gasteiger partial charge in [0.25, 0.3) is 0 Å². The largest absolute Gasteiger partial charge is 0.491 e. The van der Waals surface area contributed by atoms with Crippen LogP contribution in [0.15, 0.2) is 24.3 Å². The summed E-state index contributed by atoms with van der Waals surface area (Å²) in [5.74, 6) is 0.701. The second-order valence-corrected chi connectivity index (χ2v) is 4.91. The fraction of sp³-hybridized carbons (Fsp3) is 0.533. The van der Waals surface area contributed by atoms with E-state index >= 15 is 0 Å². The third kappa shape index (κ3) is 7.90. The summed E-state index contributed by atoms with van der Waals surface area (Å²) in [6.07, 6.45) is -0.177. The maximum Gasteiger partial charge on any atom is 0.221 e. The quantitative estimate of drug-likeness (QED) is 0.682. The molecule has 6 heteroatoms. The summed E-state index contributed by atoms with van der Waals surface area (Å²) in [7, 11) is 1.79. The van der Waals surface area contributed by atoms with E-state index in [4.69, 9.17) is 4.74 Å². The van der Waals surface area contributed by atoms with E-state index in [1.54, 1.807) is 7.05 Å². The summed E-state index contributed by atoms with van der Waals surface area (Å²) in [5, 5.41) is 15.6. The van der Waals surface area contributed by atoms with Crippen LogP contribution in [-0.4, -0.2) is 37.3 Å². The summed E-state index contributed by atoms with van der Waals surface area (Å²) < 4.78 is 5.53. The number of rotatable bonds is 8. The molecule has 0 spiro atoms. The molecule has 0 heterocycles. The Hall–Kier alpha value is -1.30. The van der Waals surface area contributed by atoms with Gasteiger partial charge in [-0.25, -0.2) is 0 Å². The minimum atomic E-state index is -0.707. The van der Waals surface area contributed by atoms with Gasteiger partial charge in [-0.05, 0) is 38.6 Å². The van der Waals surface area contributed by atoms with Crippen LogP contribution in [-0.2, 0) is 4.79 Å². The number of amides is 1. The Morgan fingerprint density at radius 3 is 2.43 bits per heavy atom. The minimum absolute atomic E-state index is 0. The lowest BCUT2D eigenvalue weighted by Gasteiger charge is -2.14. The first-order chi connectivity index (χ1) is 9.52. The number of hydrogen-bond donors (Lipinski definition) is 3. The number of carbonyl (C=O) groups excluding carboxylic acids is 1. The van der Waals surface area contributed by atoms with Crippen molar-refractivity contribution in [3.63, 3.8) is 0 Å². The second kappa shape index (κ2) is 10.4. The molecule has 0 saturated carbocycles. The van der Waals surface area contributed by atoms with Crippen molar-refractivity contribution in [2.75, 3.05) is 20.1 Å². The predicted octanol–water partition coefficient (Wildman–Crippen LogP) is 1.65. The molecule has 1 amide bonds. The molecule has 5 nitrogen and oxygen atoms in total. The monoisotopic (exact) mass is 316 g/mol. The molecular weight excluding hydrogens is 292 g/mol. The average Bonchev–Trinajstić information content (AvgIpc) is 2.42. The van der Waals surface area contributed by atoms with Crippen molar-refractivity contribution in [1.82, 2.24) is 10.6 Å². The number of nitrogens with one attached hydrogen (secondary N) is 2. The number of halogens is 1. The Kier molecular flexibility index (Phi) is 9.78. The smallest absolute Gasteiger partial charge is 0.221 e. The third-order valence-electron chi connectivity index (χ3n) is 2.73. The van der Waals surface area contributed by atoms with Crippen molar-refractivity contribution in [2.45, 2.75) is 32.5 Å². The minimum Gasteiger partial charge on any atom is -0.491 e. The van der Waals surface area contributed by atoms with Gasteiger partial charge in [0.2, 0.25) is 5.91 Å². The number of carbonyl (C=O) groups is 1. The summed E-state index contributed by atoms with van der Waals surface area (Å²) in [6.45, 7) is 4.77. The zero-order valence-corrected chi connectivity index (χ0v) is 13.6. The third-order valence-corrected chi connectivity index (χ3v) is 2.73. The van der Waals surface area contributed by atoms with E-state index in [1.165, 1.54) is 0 Å². The molecule has 1 aromatic carbocycles. The van der Waals surface area contributed by atoms with E-state index < -0.39 is 6.10 Å². The number of aliphatic hydroxyl groups excluding tert-OH is 1. The molecule has 0 aliphatic carbocycles. The van der Waals surface area contributed by atoms with Gasteiger partial charge in [0.15, 0.2) is 0 Å². The number of hydrogen-bond acceptors (Lipinski definition) is 4. The van der Waals surface area contributed by atoms with Crippen molar-refractivity contribution in [2.24, 2.45) is 0 Å². The molecule has 1 unspecified atom stereocenters. The van der Waals surface area contributed by atoms with Gasteiger partial charge in [0.05, 0.1) is 12.2 Å². The van der Waals surface area contributed by atoms with Crippen LogP contribution < -0.4 is 15.4 Å². The molecule has 3 N–H and O–H groups in total. The highest BCUT2D eigenvalue weighted by Gasteiger charge is 2.09. The molecular formula is C15H25ClN2O3. The zero-order valence-electron chi connectivity index (χ0n) is 12.8. The zero-order chi connectivity index (χ0) is 15.0. The lowest BCUT2D eigenvalue weighted by Crippen LogP contribution is -2.30. The van der Waals surface area contributed by atoms with Gasteiger partial charge in [0, 0.05) is 19.5 Å². The molecule has 0 bridgehead atoms. The first-order valence-corrected chi connectivity index (χ1v) is 6.89. The maximum absolute atomic E-state index is 11.4. The van der Waals surface area contributed by atoms with Crippen molar-refractivity contribution >= 4 is 18.3 Å². The number of ether oxygens (including phenoxy) is 1. The second-order valence-electron chi connectivity index (χ2n) is 4.91. The molecule has 1 aromatic rings. The van der Waals surface area contributed by atoms with Crippen molar-refractivity contribution in [3.05, 3.63) is 29.8 Å². The Balaban J connectivity index is 0.00000400. The van der Waals surface area contributed by atoms with Gasteiger partial charge in [-0.15, -0.1) is 12.4 Å². The highest BCUT2D eigenvalue weighted by Crippen LogP contribution is 2.18. The van der Waals surface area contributed by atoms with E-state index in [9.17, 15) is 9.90 Å². The SMILES string of the molecule is CNCCC(=O)NCC(O)c1ccc(OC(C)C)cc1.Cl.